The zero-order valence-electron chi connectivity index (χ0n) is 18.9. The SMILES string of the molecule is O=C(NC1CCCCCC1)C1CCN(c2ncccc2-c2nc(-c3ccccc3)no2)CC1. The molecule has 0 unspecified atom stereocenters. The van der Waals surface area contributed by atoms with Gasteiger partial charge in [0, 0.05) is 36.8 Å². The van der Waals surface area contributed by atoms with Crippen molar-refractivity contribution in [3.63, 3.8) is 0 Å². The summed E-state index contributed by atoms with van der Waals surface area (Å²) >= 11 is 0. The first-order valence-corrected chi connectivity index (χ1v) is 12.2. The fourth-order valence-corrected chi connectivity index (χ4v) is 4.95. The first-order valence-electron chi connectivity index (χ1n) is 12.2. The second-order valence-electron chi connectivity index (χ2n) is 9.12. The van der Waals surface area contributed by atoms with E-state index in [-0.39, 0.29) is 11.8 Å². The van der Waals surface area contributed by atoms with Crippen LogP contribution in [0.2, 0.25) is 0 Å². The normalized spacial score (nSPS) is 18.1. The third kappa shape index (κ3) is 5.07. The molecule has 5 rings (SSSR count). The lowest BCUT2D eigenvalue weighted by Gasteiger charge is -2.33. The van der Waals surface area contributed by atoms with Gasteiger partial charge in [-0.15, -0.1) is 0 Å². The molecular weight excluding hydrogens is 414 g/mol. The van der Waals surface area contributed by atoms with E-state index in [4.69, 9.17) is 4.52 Å². The zero-order valence-corrected chi connectivity index (χ0v) is 18.9. The zero-order chi connectivity index (χ0) is 22.5. The van der Waals surface area contributed by atoms with Crippen LogP contribution in [0.3, 0.4) is 0 Å². The Hall–Kier alpha value is -3.22. The lowest BCUT2D eigenvalue weighted by Crippen LogP contribution is -2.44. The first kappa shape index (κ1) is 21.6. The van der Waals surface area contributed by atoms with Crippen LogP contribution in [0.1, 0.15) is 51.4 Å². The molecule has 3 aromatic rings. The summed E-state index contributed by atoms with van der Waals surface area (Å²) in [5, 5.41) is 7.49. The van der Waals surface area contributed by atoms with Crippen LogP contribution in [-0.4, -0.2) is 40.2 Å². The number of piperidine rings is 1. The Labute approximate surface area is 194 Å². The molecule has 172 valence electrons. The highest BCUT2D eigenvalue weighted by Gasteiger charge is 2.29. The molecule has 1 aromatic carbocycles. The Morgan fingerprint density at radius 3 is 2.45 bits per heavy atom. The topological polar surface area (TPSA) is 84.2 Å². The second-order valence-corrected chi connectivity index (χ2v) is 9.12. The smallest absolute Gasteiger partial charge is 0.261 e. The van der Waals surface area contributed by atoms with Crippen LogP contribution in [0.25, 0.3) is 22.8 Å². The van der Waals surface area contributed by atoms with Gasteiger partial charge in [0.2, 0.25) is 11.7 Å². The van der Waals surface area contributed by atoms with Crippen LogP contribution >= 0.6 is 0 Å². The van der Waals surface area contributed by atoms with E-state index in [0.29, 0.717) is 17.8 Å². The quantitative estimate of drug-likeness (QED) is 0.565. The summed E-state index contributed by atoms with van der Waals surface area (Å²) in [6, 6.07) is 14.0. The molecule has 1 aliphatic carbocycles. The minimum atomic E-state index is 0.0738. The number of rotatable bonds is 5. The van der Waals surface area contributed by atoms with Crippen molar-refractivity contribution in [1.29, 1.82) is 0 Å². The molecule has 7 heteroatoms. The van der Waals surface area contributed by atoms with Crippen molar-refractivity contribution < 1.29 is 9.32 Å². The molecule has 1 aliphatic heterocycles. The number of carbonyl (C=O) groups is 1. The van der Waals surface area contributed by atoms with Gasteiger partial charge in [-0.25, -0.2) is 4.98 Å². The monoisotopic (exact) mass is 445 g/mol. The van der Waals surface area contributed by atoms with E-state index in [2.05, 4.69) is 25.3 Å². The summed E-state index contributed by atoms with van der Waals surface area (Å²) in [6.45, 7) is 1.57. The van der Waals surface area contributed by atoms with E-state index < -0.39 is 0 Å². The number of pyridine rings is 1. The van der Waals surface area contributed by atoms with Gasteiger partial charge in [0.05, 0.1) is 5.56 Å². The van der Waals surface area contributed by atoms with E-state index >= 15 is 0 Å². The molecule has 0 atom stereocenters. The van der Waals surface area contributed by atoms with Crippen LogP contribution in [0.15, 0.2) is 53.2 Å². The van der Waals surface area contributed by atoms with Gasteiger partial charge in [-0.2, -0.15) is 4.98 Å². The van der Waals surface area contributed by atoms with Crippen molar-refractivity contribution in [1.82, 2.24) is 20.4 Å². The van der Waals surface area contributed by atoms with E-state index in [1.807, 2.05) is 42.5 Å². The average Bonchev–Trinajstić information content (AvgIpc) is 3.23. The summed E-state index contributed by atoms with van der Waals surface area (Å²) in [4.78, 5) is 24.3. The van der Waals surface area contributed by atoms with Gasteiger partial charge in [-0.05, 0) is 37.8 Å². The fourth-order valence-electron chi connectivity index (χ4n) is 4.95. The van der Waals surface area contributed by atoms with E-state index in [1.165, 1.54) is 25.7 Å². The average molecular weight is 446 g/mol. The molecule has 3 heterocycles. The largest absolute Gasteiger partial charge is 0.356 e. The number of nitrogens with one attached hydrogen (secondary N) is 1. The summed E-state index contributed by atoms with van der Waals surface area (Å²) < 4.78 is 5.60. The van der Waals surface area contributed by atoms with Crippen LogP contribution in [0.4, 0.5) is 5.82 Å². The first-order chi connectivity index (χ1) is 16.3. The van der Waals surface area contributed by atoms with Gasteiger partial charge >= 0.3 is 0 Å². The maximum Gasteiger partial charge on any atom is 0.261 e. The Kier molecular flexibility index (Phi) is 6.65. The van der Waals surface area contributed by atoms with Crippen molar-refractivity contribution in [3.05, 3.63) is 48.7 Å². The maximum absolute atomic E-state index is 12.9. The second kappa shape index (κ2) is 10.1. The van der Waals surface area contributed by atoms with Gasteiger partial charge in [-0.3, -0.25) is 4.79 Å². The molecular formula is C26H31N5O2. The van der Waals surface area contributed by atoms with Gasteiger partial charge in [-0.1, -0.05) is 61.2 Å². The number of hydrogen-bond acceptors (Lipinski definition) is 6. The number of benzene rings is 1. The summed E-state index contributed by atoms with van der Waals surface area (Å²) in [5.74, 6) is 2.17. The predicted molar refractivity (Wildman–Crippen MR) is 128 cm³/mol. The van der Waals surface area contributed by atoms with Crippen molar-refractivity contribution >= 4 is 11.7 Å². The summed E-state index contributed by atoms with van der Waals surface area (Å²) in [5.41, 5.74) is 1.74. The molecule has 1 saturated heterocycles. The molecule has 2 aliphatic rings. The van der Waals surface area contributed by atoms with Crippen LogP contribution in [-0.2, 0) is 4.79 Å². The molecule has 0 spiro atoms. The lowest BCUT2D eigenvalue weighted by atomic mass is 9.94. The van der Waals surface area contributed by atoms with E-state index in [0.717, 1.165) is 55.7 Å². The molecule has 1 saturated carbocycles. The fraction of sp³-hybridized carbons (Fsp3) is 0.462. The van der Waals surface area contributed by atoms with Crippen molar-refractivity contribution in [3.8, 4) is 22.8 Å². The number of amides is 1. The van der Waals surface area contributed by atoms with Gasteiger partial charge in [0.15, 0.2) is 0 Å². The third-order valence-corrected chi connectivity index (χ3v) is 6.84. The number of anilines is 1. The van der Waals surface area contributed by atoms with Crippen LogP contribution < -0.4 is 10.2 Å². The number of aromatic nitrogens is 3. The van der Waals surface area contributed by atoms with Gasteiger partial charge < -0.3 is 14.7 Å². The van der Waals surface area contributed by atoms with E-state index in [1.54, 1.807) is 6.20 Å². The third-order valence-electron chi connectivity index (χ3n) is 6.84. The molecule has 7 nitrogen and oxygen atoms in total. The molecule has 0 radical (unpaired) electrons. The van der Waals surface area contributed by atoms with Crippen molar-refractivity contribution in [2.75, 3.05) is 18.0 Å². The Balaban J connectivity index is 1.25. The molecule has 1 N–H and O–H groups in total. The highest BCUT2D eigenvalue weighted by molar-refractivity contribution is 5.79. The Bertz CT molecular complexity index is 1050. The van der Waals surface area contributed by atoms with Crippen molar-refractivity contribution in [2.45, 2.75) is 57.4 Å². The van der Waals surface area contributed by atoms with Gasteiger partial charge in [0.1, 0.15) is 5.82 Å². The highest BCUT2D eigenvalue weighted by Crippen LogP contribution is 2.32. The molecule has 1 amide bonds. The lowest BCUT2D eigenvalue weighted by molar-refractivity contribution is -0.126. The highest BCUT2D eigenvalue weighted by atomic mass is 16.5. The summed E-state index contributed by atoms with van der Waals surface area (Å²) in [7, 11) is 0. The minimum Gasteiger partial charge on any atom is -0.356 e. The van der Waals surface area contributed by atoms with Gasteiger partial charge in [0.25, 0.3) is 5.89 Å². The number of hydrogen-bond donors (Lipinski definition) is 1. The van der Waals surface area contributed by atoms with E-state index in [9.17, 15) is 4.79 Å². The number of carbonyl (C=O) groups excluding carboxylic acids is 1. The maximum atomic E-state index is 12.9. The Morgan fingerprint density at radius 1 is 0.939 bits per heavy atom. The van der Waals surface area contributed by atoms with Crippen LogP contribution in [0.5, 0.6) is 0 Å². The minimum absolute atomic E-state index is 0.0738. The molecule has 0 bridgehead atoms. The summed E-state index contributed by atoms with van der Waals surface area (Å²) in [6.07, 6.45) is 10.7. The molecule has 33 heavy (non-hydrogen) atoms. The van der Waals surface area contributed by atoms with Crippen molar-refractivity contribution in [2.24, 2.45) is 5.92 Å². The molecule has 2 fully saturated rings. The molecule has 2 aromatic heterocycles. The predicted octanol–water partition coefficient (Wildman–Crippen LogP) is 4.85. The standard InChI is InChI=1S/C26H31N5O2/c32-25(28-21-11-6-1-2-7-12-21)20-14-17-31(18-15-20)24-22(13-8-16-27-24)26-29-23(30-33-26)19-9-4-3-5-10-19/h3-5,8-10,13,16,20-21H,1-2,6-7,11-12,14-15,17-18H2,(H,28,32). The van der Waals surface area contributed by atoms with Crippen LogP contribution in [0, 0.1) is 5.92 Å². The Morgan fingerprint density at radius 2 is 1.70 bits per heavy atom. The number of nitrogens with zero attached hydrogens (tertiary/aromatic N) is 4.